The van der Waals surface area contributed by atoms with Crippen molar-refractivity contribution >= 4 is 5.97 Å². The Morgan fingerprint density at radius 3 is 2.50 bits per heavy atom. The lowest BCUT2D eigenvalue weighted by Gasteiger charge is -2.11. The summed E-state index contributed by atoms with van der Waals surface area (Å²) in [6.07, 6.45) is 6.17. The molecule has 1 saturated carbocycles. The molecule has 0 aromatic carbocycles. The number of carbonyl (C=O) groups is 1. The van der Waals surface area contributed by atoms with Crippen LogP contribution in [0.3, 0.4) is 0 Å². The van der Waals surface area contributed by atoms with E-state index in [0.717, 1.165) is 12.8 Å². The number of carboxylic acid groups (broad SMARTS) is 1. The second-order valence-corrected chi connectivity index (χ2v) is 3.22. The molecule has 0 amide bonds. The van der Waals surface area contributed by atoms with Crippen LogP contribution in [0.25, 0.3) is 0 Å². The minimum absolute atomic E-state index is 0.0741. The molecule has 2 nitrogen and oxygen atoms in total. The first-order chi connectivity index (χ1) is 4.77. The molecule has 3 atom stereocenters. The quantitative estimate of drug-likeness (QED) is 0.554. The number of fused-ring (bicyclic) bond motifs is 2. The highest BCUT2D eigenvalue weighted by molar-refractivity contribution is 5.71. The minimum atomic E-state index is -0.614. The number of aliphatic carboxylic acids is 1. The Bertz CT molecular complexity index is 195. The van der Waals surface area contributed by atoms with Crippen LogP contribution in [0.2, 0.25) is 0 Å². The van der Waals surface area contributed by atoms with E-state index < -0.39 is 5.97 Å². The van der Waals surface area contributed by atoms with Crippen molar-refractivity contribution < 1.29 is 9.90 Å². The Morgan fingerprint density at radius 2 is 2.20 bits per heavy atom. The maximum absolute atomic E-state index is 10.6. The van der Waals surface area contributed by atoms with E-state index in [-0.39, 0.29) is 5.92 Å². The van der Waals surface area contributed by atoms with Gasteiger partial charge in [-0.3, -0.25) is 4.79 Å². The summed E-state index contributed by atoms with van der Waals surface area (Å²) in [6.45, 7) is 0. The van der Waals surface area contributed by atoms with Gasteiger partial charge < -0.3 is 5.11 Å². The second-order valence-electron chi connectivity index (χ2n) is 3.22. The normalized spacial score (nSPS) is 42.6. The van der Waals surface area contributed by atoms with Gasteiger partial charge >= 0.3 is 5.97 Å². The third-order valence-electron chi connectivity index (χ3n) is 2.60. The Hall–Kier alpha value is -0.790. The van der Waals surface area contributed by atoms with Gasteiger partial charge in [0, 0.05) is 0 Å². The summed E-state index contributed by atoms with van der Waals surface area (Å²) >= 11 is 0. The fourth-order valence-corrected chi connectivity index (χ4v) is 2.06. The minimum Gasteiger partial charge on any atom is -0.481 e. The first kappa shape index (κ1) is 5.96. The lowest BCUT2D eigenvalue weighted by Crippen LogP contribution is -2.17. The van der Waals surface area contributed by atoms with E-state index in [1.807, 2.05) is 0 Å². The van der Waals surface area contributed by atoms with Gasteiger partial charge in [0.2, 0.25) is 0 Å². The summed E-state index contributed by atoms with van der Waals surface area (Å²) in [5, 5.41) is 8.70. The SMILES string of the molecule is O=C(O)[C@@H]1C[C@@H]2C=C[C@@H]1C2. The molecule has 0 radical (unpaired) electrons. The molecule has 0 aromatic rings. The van der Waals surface area contributed by atoms with Crippen molar-refractivity contribution in [2.24, 2.45) is 17.8 Å². The molecule has 10 heavy (non-hydrogen) atoms. The molecule has 2 aliphatic carbocycles. The van der Waals surface area contributed by atoms with Gasteiger partial charge in [-0.15, -0.1) is 0 Å². The first-order valence-electron chi connectivity index (χ1n) is 3.68. The van der Waals surface area contributed by atoms with E-state index in [1.165, 1.54) is 0 Å². The number of hydrogen-bond acceptors (Lipinski definition) is 1. The van der Waals surface area contributed by atoms with E-state index in [1.54, 1.807) is 0 Å². The summed E-state index contributed by atoms with van der Waals surface area (Å²) in [5.74, 6) is 0.237. The topological polar surface area (TPSA) is 37.3 Å². The Kier molecular flexibility index (Phi) is 1.10. The van der Waals surface area contributed by atoms with Crippen LogP contribution < -0.4 is 0 Å². The molecule has 0 saturated heterocycles. The molecule has 0 aliphatic heterocycles. The smallest absolute Gasteiger partial charge is 0.307 e. The van der Waals surface area contributed by atoms with Crippen molar-refractivity contribution in [2.75, 3.05) is 0 Å². The Labute approximate surface area is 59.5 Å². The molecule has 0 spiro atoms. The summed E-state index contributed by atoms with van der Waals surface area (Å²) in [6, 6.07) is 0. The Balaban J connectivity index is 2.16. The third-order valence-corrected chi connectivity index (χ3v) is 2.60. The second kappa shape index (κ2) is 1.84. The van der Waals surface area contributed by atoms with Gasteiger partial charge in [0.05, 0.1) is 5.92 Å². The van der Waals surface area contributed by atoms with Gasteiger partial charge in [0.15, 0.2) is 0 Å². The third kappa shape index (κ3) is 0.681. The van der Waals surface area contributed by atoms with Crippen LogP contribution in [0.4, 0.5) is 0 Å². The average Bonchev–Trinajstić information content (AvgIpc) is 2.44. The zero-order valence-electron chi connectivity index (χ0n) is 5.66. The molecule has 0 heterocycles. The highest BCUT2D eigenvalue weighted by Gasteiger charge is 2.39. The average molecular weight is 138 g/mol. The highest BCUT2D eigenvalue weighted by atomic mass is 16.4. The summed E-state index contributed by atoms with van der Waals surface area (Å²) < 4.78 is 0. The lowest BCUT2D eigenvalue weighted by atomic mass is 9.94. The number of allylic oxidation sites excluding steroid dienone is 2. The molecule has 54 valence electrons. The van der Waals surface area contributed by atoms with Gasteiger partial charge in [-0.25, -0.2) is 0 Å². The molecule has 0 unspecified atom stereocenters. The number of carboxylic acids is 1. The monoisotopic (exact) mass is 138 g/mol. The van der Waals surface area contributed by atoms with E-state index >= 15 is 0 Å². The molecule has 1 fully saturated rings. The van der Waals surface area contributed by atoms with E-state index in [2.05, 4.69) is 12.2 Å². The van der Waals surface area contributed by atoms with Crippen LogP contribution in [-0.4, -0.2) is 11.1 Å². The summed E-state index contributed by atoms with van der Waals surface area (Å²) in [7, 11) is 0. The van der Waals surface area contributed by atoms with E-state index in [9.17, 15) is 4.79 Å². The van der Waals surface area contributed by atoms with Crippen molar-refractivity contribution in [3.63, 3.8) is 0 Å². The van der Waals surface area contributed by atoms with Crippen molar-refractivity contribution in [1.29, 1.82) is 0 Å². The van der Waals surface area contributed by atoms with Crippen molar-refractivity contribution in [3.8, 4) is 0 Å². The lowest BCUT2D eigenvalue weighted by molar-refractivity contribution is -0.142. The highest BCUT2D eigenvalue weighted by Crippen LogP contribution is 2.43. The van der Waals surface area contributed by atoms with Crippen molar-refractivity contribution in [3.05, 3.63) is 12.2 Å². The van der Waals surface area contributed by atoms with Crippen molar-refractivity contribution in [2.45, 2.75) is 12.8 Å². The zero-order valence-corrected chi connectivity index (χ0v) is 5.66. The molecular formula is C8H10O2. The van der Waals surface area contributed by atoms with Gasteiger partial charge in [-0.05, 0) is 24.7 Å². The number of hydrogen-bond donors (Lipinski definition) is 1. The van der Waals surface area contributed by atoms with Crippen LogP contribution >= 0.6 is 0 Å². The predicted octanol–water partition coefficient (Wildman–Crippen LogP) is 1.28. The molecule has 0 aromatic heterocycles. The first-order valence-corrected chi connectivity index (χ1v) is 3.68. The summed E-state index contributed by atoms with van der Waals surface area (Å²) in [5.41, 5.74) is 0. The van der Waals surface area contributed by atoms with Crippen LogP contribution in [0, 0.1) is 17.8 Å². The van der Waals surface area contributed by atoms with Crippen LogP contribution in [-0.2, 0) is 4.79 Å². The Morgan fingerprint density at radius 1 is 1.40 bits per heavy atom. The maximum atomic E-state index is 10.6. The molecule has 2 bridgehead atoms. The maximum Gasteiger partial charge on any atom is 0.307 e. The molecular weight excluding hydrogens is 128 g/mol. The fraction of sp³-hybridized carbons (Fsp3) is 0.625. The number of rotatable bonds is 1. The molecule has 2 heteroatoms. The largest absolute Gasteiger partial charge is 0.481 e. The van der Waals surface area contributed by atoms with Gasteiger partial charge in [0.1, 0.15) is 0 Å². The van der Waals surface area contributed by atoms with Crippen molar-refractivity contribution in [1.82, 2.24) is 0 Å². The standard InChI is InChI=1S/C8H10O2/c9-8(10)7-4-5-1-2-6(7)3-5/h1-2,5-7H,3-4H2,(H,9,10)/t5-,6-,7-/m1/s1. The van der Waals surface area contributed by atoms with Crippen LogP contribution in [0.5, 0.6) is 0 Å². The van der Waals surface area contributed by atoms with Gasteiger partial charge in [-0.2, -0.15) is 0 Å². The summed E-state index contributed by atoms with van der Waals surface area (Å²) in [4.78, 5) is 10.6. The molecule has 1 N–H and O–H groups in total. The van der Waals surface area contributed by atoms with Crippen LogP contribution in [0.1, 0.15) is 12.8 Å². The van der Waals surface area contributed by atoms with E-state index in [0.29, 0.717) is 11.8 Å². The molecule has 2 aliphatic rings. The van der Waals surface area contributed by atoms with Crippen LogP contribution in [0.15, 0.2) is 12.2 Å². The zero-order chi connectivity index (χ0) is 7.14. The van der Waals surface area contributed by atoms with Gasteiger partial charge in [0.25, 0.3) is 0 Å². The molecule has 2 rings (SSSR count). The van der Waals surface area contributed by atoms with Gasteiger partial charge in [-0.1, -0.05) is 12.2 Å². The predicted molar refractivity (Wildman–Crippen MR) is 36.5 cm³/mol. The van der Waals surface area contributed by atoms with E-state index in [4.69, 9.17) is 5.11 Å². The fourth-order valence-electron chi connectivity index (χ4n) is 2.06.